The van der Waals surface area contributed by atoms with E-state index in [0.717, 1.165) is 21.9 Å². The van der Waals surface area contributed by atoms with E-state index in [1.165, 1.54) is 0 Å². The third-order valence-corrected chi connectivity index (χ3v) is 3.72. The number of fused-ring (bicyclic) bond motifs is 2. The molecule has 2 heterocycles. The third kappa shape index (κ3) is 1.73. The largest absolute Gasteiger partial charge is 0.328 e. The van der Waals surface area contributed by atoms with Gasteiger partial charge in [-0.05, 0) is 24.3 Å². The second-order valence-corrected chi connectivity index (χ2v) is 4.99. The summed E-state index contributed by atoms with van der Waals surface area (Å²) < 4.78 is 3.28. The van der Waals surface area contributed by atoms with E-state index in [1.54, 1.807) is 9.25 Å². The first kappa shape index (κ1) is 12.4. The molecule has 0 spiro atoms. The number of para-hydroxylation sites is 3. The standard InChI is InChI=1S/C16H11N5O/c17-9-13-11-5-1-3-7-14(11)21(19-13)10-20-15-8-4-2-6-12(15)18-16(20)22/h1-8H,10H2,(H,18,22). The SMILES string of the molecule is N#Cc1nn(Cn2c(=O)[nH]c3ccccc32)c2ccccc12. The fourth-order valence-corrected chi connectivity index (χ4v) is 2.70. The second kappa shape index (κ2) is 4.60. The van der Waals surface area contributed by atoms with Gasteiger partial charge >= 0.3 is 5.69 Å². The molecular weight excluding hydrogens is 278 g/mol. The average Bonchev–Trinajstić information content (AvgIpc) is 3.06. The van der Waals surface area contributed by atoms with Crippen molar-refractivity contribution in [3.05, 3.63) is 64.7 Å². The summed E-state index contributed by atoms with van der Waals surface area (Å²) in [6, 6.07) is 17.1. The summed E-state index contributed by atoms with van der Waals surface area (Å²) in [7, 11) is 0. The number of nitriles is 1. The number of nitrogens with one attached hydrogen (secondary N) is 1. The highest BCUT2D eigenvalue weighted by Crippen LogP contribution is 2.18. The van der Waals surface area contributed by atoms with Crippen LogP contribution in [0, 0.1) is 11.3 Å². The lowest BCUT2D eigenvalue weighted by Crippen LogP contribution is -2.21. The monoisotopic (exact) mass is 289 g/mol. The molecule has 0 saturated carbocycles. The Kier molecular flexibility index (Phi) is 2.60. The van der Waals surface area contributed by atoms with Crippen LogP contribution in [0.3, 0.4) is 0 Å². The molecule has 0 saturated heterocycles. The van der Waals surface area contributed by atoms with Crippen molar-refractivity contribution in [3.63, 3.8) is 0 Å². The third-order valence-electron chi connectivity index (χ3n) is 3.72. The van der Waals surface area contributed by atoms with Crippen molar-refractivity contribution in [1.82, 2.24) is 19.3 Å². The van der Waals surface area contributed by atoms with Crippen molar-refractivity contribution in [3.8, 4) is 6.07 Å². The number of H-pyrrole nitrogens is 1. The molecule has 1 N–H and O–H groups in total. The van der Waals surface area contributed by atoms with Gasteiger partial charge in [-0.2, -0.15) is 10.4 Å². The quantitative estimate of drug-likeness (QED) is 0.613. The molecule has 0 aliphatic rings. The van der Waals surface area contributed by atoms with Crippen LogP contribution in [0.1, 0.15) is 5.69 Å². The lowest BCUT2D eigenvalue weighted by atomic mass is 10.2. The molecule has 2 aromatic carbocycles. The van der Waals surface area contributed by atoms with Crippen LogP contribution in [0.2, 0.25) is 0 Å². The van der Waals surface area contributed by atoms with Crippen molar-refractivity contribution >= 4 is 21.9 Å². The van der Waals surface area contributed by atoms with Crippen LogP contribution < -0.4 is 5.69 Å². The van der Waals surface area contributed by atoms with Crippen molar-refractivity contribution in [1.29, 1.82) is 5.26 Å². The second-order valence-electron chi connectivity index (χ2n) is 4.99. The molecule has 0 fully saturated rings. The van der Waals surface area contributed by atoms with Gasteiger partial charge in [-0.1, -0.05) is 24.3 Å². The molecule has 4 rings (SSSR count). The number of aromatic nitrogens is 4. The Bertz CT molecular complexity index is 1090. The summed E-state index contributed by atoms with van der Waals surface area (Å²) >= 11 is 0. The maximum Gasteiger partial charge on any atom is 0.328 e. The summed E-state index contributed by atoms with van der Waals surface area (Å²) in [4.78, 5) is 15.0. The molecular formula is C16H11N5O. The Morgan fingerprint density at radius 1 is 1.09 bits per heavy atom. The molecule has 0 atom stereocenters. The van der Waals surface area contributed by atoms with Gasteiger partial charge in [0.05, 0.1) is 16.6 Å². The Hall–Kier alpha value is -3.33. The highest BCUT2D eigenvalue weighted by molar-refractivity contribution is 5.84. The topological polar surface area (TPSA) is 79.4 Å². The number of hydrogen-bond acceptors (Lipinski definition) is 3. The van der Waals surface area contributed by atoms with E-state index < -0.39 is 0 Å². The van der Waals surface area contributed by atoms with E-state index in [1.807, 2.05) is 48.5 Å². The van der Waals surface area contributed by atoms with Gasteiger partial charge in [-0.25, -0.2) is 9.48 Å². The Balaban J connectivity index is 1.92. The zero-order valence-electron chi connectivity index (χ0n) is 11.5. The van der Waals surface area contributed by atoms with Gasteiger partial charge in [-0.15, -0.1) is 0 Å². The molecule has 6 nitrogen and oxygen atoms in total. The highest BCUT2D eigenvalue weighted by atomic mass is 16.1. The van der Waals surface area contributed by atoms with Crippen LogP contribution in [0.5, 0.6) is 0 Å². The zero-order chi connectivity index (χ0) is 15.1. The molecule has 0 amide bonds. The minimum atomic E-state index is -0.195. The lowest BCUT2D eigenvalue weighted by molar-refractivity contribution is 0.562. The fraction of sp³-hybridized carbons (Fsp3) is 0.0625. The van der Waals surface area contributed by atoms with Gasteiger partial charge < -0.3 is 4.98 Å². The number of rotatable bonds is 2. The molecule has 0 aliphatic carbocycles. The molecule has 6 heteroatoms. The van der Waals surface area contributed by atoms with Crippen LogP contribution in [0.15, 0.2) is 53.3 Å². The summed E-state index contributed by atoms with van der Waals surface area (Å²) in [5.74, 6) is 0. The van der Waals surface area contributed by atoms with Crippen LogP contribution in [-0.4, -0.2) is 19.3 Å². The van der Waals surface area contributed by atoms with E-state index >= 15 is 0 Å². The summed E-state index contributed by atoms with van der Waals surface area (Å²) in [5.41, 5.74) is 2.59. The predicted molar refractivity (Wildman–Crippen MR) is 82.4 cm³/mol. The fourth-order valence-electron chi connectivity index (χ4n) is 2.70. The molecule has 0 unspecified atom stereocenters. The molecule has 106 valence electrons. The predicted octanol–water partition coefficient (Wildman–Crippen LogP) is 2.06. The molecule has 0 aliphatic heterocycles. The van der Waals surface area contributed by atoms with E-state index in [0.29, 0.717) is 5.69 Å². The van der Waals surface area contributed by atoms with Gasteiger partial charge in [0, 0.05) is 5.39 Å². The maximum absolute atomic E-state index is 12.2. The smallest absolute Gasteiger partial charge is 0.305 e. The first-order valence-corrected chi connectivity index (χ1v) is 6.81. The van der Waals surface area contributed by atoms with Crippen LogP contribution in [-0.2, 0) is 6.67 Å². The van der Waals surface area contributed by atoms with Crippen LogP contribution >= 0.6 is 0 Å². The number of aromatic amines is 1. The van der Waals surface area contributed by atoms with Crippen LogP contribution in [0.4, 0.5) is 0 Å². The van der Waals surface area contributed by atoms with Gasteiger partial charge in [0.15, 0.2) is 5.69 Å². The van der Waals surface area contributed by atoms with E-state index in [-0.39, 0.29) is 12.4 Å². The van der Waals surface area contributed by atoms with Gasteiger partial charge in [0.25, 0.3) is 0 Å². The summed E-state index contributed by atoms with van der Waals surface area (Å²) in [5, 5.41) is 14.3. The highest BCUT2D eigenvalue weighted by Gasteiger charge is 2.12. The summed E-state index contributed by atoms with van der Waals surface area (Å²) in [6.07, 6.45) is 0. The number of nitrogens with zero attached hydrogens (tertiary/aromatic N) is 4. The van der Waals surface area contributed by atoms with Crippen molar-refractivity contribution < 1.29 is 0 Å². The molecule has 0 radical (unpaired) electrons. The molecule has 4 aromatic rings. The molecule has 0 bridgehead atoms. The Morgan fingerprint density at radius 3 is 2.64 bits per heavy atom. The maximum atomic E-state index is 12.2. The van der Waals surface area contributed by atoms with Crippen molar-refractivity contribution in [2.24, 2.45) is 0 Å². The number of hydrogen-bond donors (Lipinski definition) is 1. The van der Waals surface area contributed by atoms with Crippen molar-refractivity contribution in [2.75, 3.05) is 0 Å². The van der Waals surface area contributed by atoms with E-state index in [9.17, 15) is 10.1 Å². The van der Waals surface area contributed by atoms with Crippen molar-refractivity contribution in [2.45, 2.75) is 6.67 Å². The zero-order valence-corrected chi connectivity index (χ0v) is 11.5. The first-order chi connectivity index (χ1) is 10.8. The minimum Gasteiger partial charge on any atom is -0.305 e. The minimum absolute atomic E-state index is 0.195. The number of benzene rings is 2. The van der Waals surface area contributed by atoms with E-state index in [4.69, 9.17) is 0 Å². The average molecular weight is 289 g/mol. The van der Waals surface area contributed by atoms with Gasteiger partial charge in [0.2, 0.25) is 0 Å². The molecule has 22 heavy (non-hydrogen) atoms. The van der Waals surface area contributed by atoms with Crippen LogP contribution in [0.25, 0.3) is 21.9 Å². The lowest BCUT2D eigenvalue weighted by Gasteiger charge is -2.05. The number of imidazole rings is 1. The summed E-state index contributed by atoms with van der Waals surface area (Å²) in [6.45, 7) is 0.255. The Morgan fingerprint density at radius 2 is 1.82 bits per heavy atom. The Labute approximate surface area is 124 Å². The first-order valence-electron chi connectivity index (χ1n) is 6.81. The van der Waals surface area contributed by atoms with Gasteiger partial charge in [-0.3, -0.25) is 4.57 Å². The molecule has 2 aromatic heterocycles. The van der Waals surface area contributed by atoms with Gasteiger partial charge in [0.1, 0.15) is 12.7 Å². The normalized spacial score (nSPS) is 11.0. The van der Waals surface area contributed by atoms with E-state index in [2.05, 4.69) is 16.2 Å².